The summed E-state index contributed by atoms with van der Waals surface area (Å²) in [5.41, 5.74) is -1.79. The summed E-state index contributed by atoms with van der Waals surface area (Å²) in [7, 11) is 0. The summed E-state index contributed by atoms with van der Waals surface area (Å²) in [4.78, 5) is 24.6. The molecule has 0 aliphatic heterocycles. The number of alkyl halides is 1. The van der Waals surface area contributed by atoms with Crippen molar-refractivity contribution in [1.29, 1.82) is 0 Å². The van der Waals surface area contributed by atoms with Crippen LogP contribution in [0.2, 0.25) is 30.1 Å². The smallest absolute Gasteiger partial charge is 0.289 e. The molecule has 0 saturated heterocycles. The highest BCUT2D eigenvalue weighted by atomic mass is 79.9. The van der Waals surface area contributed by atoms with E-state index in [1.165, 1.54) is 46.0 Å². The maximum Gasteiger partial charge on any atom is 0.289 e. The van der Waals surface area contributed by atoms with E-state index in [-0.39, 0.29) is 49.5 Å². The average Bonchev–Trinajstić information content (AvgIpc) is 3.34. The minimum atomic E-state index is -0.501. The van der Waals surface area contributed by atoms with Crippen LogP contribution >= 0.6 is 132 Å². The lowest BCUT2D eigenvalue weighted by Crippen LogP contribution is -2.36. The van der Waals surface area contributed by atoms with E-state index < -0.39 is 22.2 Å². The Morgan fingerprint density at radius 2 is 0.883 bits per heavy atom. The summed E-state index contributed by atoms with van der Waals surface area (Å²) in [6.45, 7) is 12.8. The van der Waals surface area contributed by atoms with Crippen molar-refractivity contribution in [3.05, 3.63) is 157 Å². The second kappa shape index (κ2) is 31.6. The molecule has 2 aromatic heterocycles. The SMILES string of the molecule is CC(C)(C)n1ncc(Oc2ccc(O)cc2)c(Cl)c1=O.CC(C)(C)n1ncc(Oc2ccc(OCCCOc3c(Cl)cc(OCC=C(Cl)Cl)cc3Cl)cc2)c(Cl)c1=O.ClC(Cl)=CCOc1cc(Cl)c(OCCCBr)c(Cl)c1. The lowest BCUT2D eigenvalue weighted by Gasteiger charge is -2.21. The van der Waals surface area contributed by atoms with Crippen LogP contribution < -0.4 is 44.3 Å². The van der Waals surface area contributed by atoms with Crippen molar-refractivity contribution >= 4 is 132 Å². The second-order valence-electron chi connectivity index (χ2n) is 17.6. The highest BCUT2D eigenvalue weighted by molar-refractivity contribution is 9.09. The molecule has 25 heteroatoms. The van der Waals surface area contributed by atoms with Gasteiger partial charge in [-0.15, -0.1) is 0 Å². The number of aromatic nitrogens is 4. The molecule has 4 aromatic carbocycles. The Kier molecular flexibility index (Phi) is 26.9. The van der Waals surface area contributed by atoms with Crippen LogP contribution in [-0.4, -0.2) is 63.0 Å². The highest BCUT2D eigenvalue weighted by Crippen LogP contribution is 2.39. The molecule has 14 nitrogen and oxygen atoms in total. The third kappa shape index (κ3) is 21.8. The molecule has 416 valence electrons. The normalized spacial score (nSPS) is 11.0. The van der Waals surface area contributed by atoms with Gasteiger partial charge < -0.3 is 38.3 Å². The minimum absolute atomic E-state index is 0.0250. The molecular formula is C52H51BrCl10N4O10. The van der Waals surface area contributed by atoms with E-state index in [0.717, 1.165) is 11.8 Å². The summed E-state index contributed by atoms with van der Waals surface area (Å²) in [5, 5.41) is 19.7. The van der Waals surface area contributed by atoms with E-state index in [2.05, 4.69) is 26.1 Å². The van der Waals surface area contributed by atoms with Crippen LogP contribution in [0.15, 0.2) is 116 Å². The monoisotopic (exact) mass is 1320 g/mol. The summed E-state index contributed by atoms with van der Waals surface area (Å²) in [6, 6.07) is 19.5. The number of ether oxygens (including phenoxy) is 7. The molecule has 0 radical (unpaired) electrons. The van der Waals surface area contributed by atoms with E-state index in [1.54, 1.807) is 60.7 Å². The zero-order valence-corrected chi connectivity index (χ0v) is 51.1. The molecule has 0 aliphatic carbocycles. The quantitative estimate of drug-likeness (QED) is 0.0571. The zero-order valence-electron chi connectivity index (χ0n) is 42.0. The predicted octanol–water partition coefficient (Wildman–Crippen LogP) is 17.3. The number of aromatic hydroxyl groups is 1. The summed E-state index contributed by atoms with van der Waals surface area (Å²) in [6.07, 6.45) is 7.29. The van der Waals surface area contributed by atoms with Gasteiger partial charge in [-0.05, 0) is 109 Å². The number of halogens is 11. The van der Waals surface area contributed by atoms with Crippen LogP contribution in [0.5, 0.6) is 57.5 Å². The molecule has 0 aliphatic rings. The van der Waals surface area contributed by atoms with Crippen LogP contribution in [0.3, 0.4) is 0 Å². The minimum Gasteiger partial charge on any atom is -0.508 e. The molecule has 6 aromatic rings. The van der Waals surface area contributed by atoms with Gasteiger partial charge in [-0.2, -0.15) is 10.2 Å². The fourth-order valence-electron chi connectivity index (χ4n) is 5.87. The Bertz CT molecular complexity index is 3020. The molecule has 77 heavy (non-hydrogen) atoms. The number of benzene rings is 4. The van der Waals surface area contributed by atoms with Gasteiger partial charge >= 0.3 is 0 Å². The first-order chi connectivity index (χ1) is 36.3. The molecule has 6 rings (SSSR count). The summed E-state index contributed by atoms with van der Waals surface area (Å²) in [5.74, 6) is 3.86. The van der Waals surface area contributed by atoms with Gasteiger partial charge in [0, 0.05) is 36.0 Å². The summed E-state index contributed by atoms with van der Waals surface area (Å²) < 4.78 is 41.9. The Morgan fingerprint density at radius 1 is 0.532 bits per heavy atom. The molecule has 0 unspecified atom stereocenters. The van der Waals surface area contributed by atoms with Crippen LogP contribution in [0.25, 0.3) is 0 Å². The Balaban J connectivity index is 0.000000275. The van der Waals surface area contributed by atoms with Gasteiger partial charge in [0.1, 0.15) is 56.7 Å². The first kappa shape index (κ1) is 65.4. The molecule has 2 heterocycles. The second-order valence-corrected chi connectivity index (χ2v) is 22.8. The number of phenols is 1. The first-order valence-electron chi connectivity index (χ1n) is 22.8. The molecule has 0 spiro atoms. The van der Waals surface area contributed by atoms with E-state index in [0.29, 0.717) is 86.6 Å². The molecule has 0 amide bonds. The van der Waals surface area contributed by atoms with Crippen molar-refractivity contribution in [2.24, 2.45) is 0 Å². The third-order valence-electron chi connectivity index (χ3n) is 9.41. The Labute approximate surface area is 504 Å². The van der Waals surface area contributed by atoms with Gasteiger partial charge in [-0.3, -0.25) is 9.59 Å². The largest absolute Gasteiger partial charge is 0.508 e. The van der Waals surface area contributed by atoms with Gasteiger partial charge in [0.15, 0.2) is 33.0 Å². The summed E-state index contributed by atoms with van der Waals surface area (Å²) >= 11 is 62.4. The van der Waals surface area contributed by atoms with Crippen LogP contribution in [0, 0.1) is 0 Å². The molecule has 0 saturated carbocycles. The van der Waals surface area contributed by atoms with Crippen LogP contribution in [-0.2, 0) is 11.1 Å². The van der Waals surface area contributed by atoms with Gasteiger partial charge in [-0.1, -0.05) is 132 Å². The fraction of sp³-hybridized carbons (Fsp3) is 0.308. The molecule has 0 atom stereocenters. The number of hydrogen-bond donors (Lipinski definition) is 1. The average molecular weight is 1330 g/mol. The lowest BCUT2D eigenvalue weighted by atomic mass is 10.1. The van der Waals surface area contributed by atoms with Crippen molar-refractivity contribution in [3.63, 3.8) is 0 Å². The van der Waals surface area contributed by atoms with E-state index in [1.807, 2.05) is 41.5 Å². The predicted molar refractivity (Wildman–Crippen MR) is 315 cm³/mol. The topological polar surface area (TPSA) is 155 Å². The molecule has 0 bridgehead atoms. The third-order valence-corrected chi connectivity index (χ3v) is 12.4. The Morgan fingerprint density at radius 3 is 1.25 bits per heavy atom. The van der Waals surface area contributed by atoms with Crippen molar-refractivity contribution in [1.82, 2.24) is 19.6 Å². The number of phenolic OH excluding ortho intramolecular Hbond substituents is 1. The molecule has 1 N–H and O–H groups in total. The molecular weight excluding hydrogens is 1280 g/mol. The highest BCUT2D eigenvalue weighted by Gasteiger charge is 2.22. The van der Waals surface area contributed by atoms with E-state index in [9.17, 15) is 14.7 Å². The van der Waals surface area contributed by atoms with Gasteiger partial charge in [0.25, 0.3) is 11.1 Å². The van der Waals surface area contributed by atoms with E-state index >= 15 is 0 Å². The van der Waals surface area contributed by atoms with Crippen molar-refractivity contribution in [3.8, 4) is 57.5 Å². The molecule has 0 fully saturated rings. The first-order valence-corrected chi connectivity index (χ1v) is 27.7. The number of hydrogen-bond acceptors (Lipinski definition) is 12. The van der Waals surface area contributed by atoms with Gasteiger partial charge in [0.2, 0.25) is 0 Å². The van der Waals surface area contributed by atoms with Crippen molar-refractivity contribution in [2.45, 2.75) is 65.5 Å². The lowest BCUT2D eigenvalue weighted by molar-refractivity contribution is 0.247. The van der Waals surface area contributed by atoms with E-state index in [4.69, 9.17) is 149 Å². The number of nitrogens with zero attached hydrogens (tertiary/aromatic N) is 4. The van der Waals surface area contributed by atoms with Crippen molar-refractivity contribution in [2.75, 3.05) is 38.4 Å². The number of rotatable bonds is 20. The fourth-order valence-corrected chi connectivity index (χ4v) is 7.84. The van der Waals surface area contributed by atoms with Crippen LogP contribution in [0.4, 0.5) is 0 Å². The maximum absolute atomic E-state index is 12.5. The van der Waals surface area contributed by atoms with Gasteiger partial charge in [0.05, 0.1) is 63.4 Å². The standard InChI is InChI=1S/C26H25Cl5N2O5.C14H15ClN2O3.C12H11BrCl4O2/c1-26(2,3)33-25(34)23(31)21(15-32-33)38-17-7-5-16(6-8-17)35-10-4-11-37-24-19(27)13-18(14-20(24)28)36-12-9-22(29)30;1-14(2,3)17-13(19)12(15)11(8-16-17)20-10-6-4-9(18)5-7-10;13-3-1-4-19-12-9(14)6-8(7-10(12)15)18-5-2-11(16)17/h5-9,13-15H,4,10-12H2,1-3H3;4-8,18H,1-3H3;2,6-7H,1,3-5H2. The van der Waals surface area contributed by atoms with Crippen LogP contribution in [0.1, 0.15) is 54.4 Å². The maximum atomic E-state index is 12.5. The zero-order chi connectivity index (χ0) is 57.0. The Hall–Kier alpha value is -4.10. The van der Waals surface area contributed by atoms with Crippen molar-refractivity contribution < 1.29 is 38.3 Å². The van der Waals surface area contributed by atoms with Gasteiger partial charge in [-0.25, -0.2) is 9.36 Å².